The Hall–Kier alpha value is -0.570. The molecule has 0 spiro atoms. The van der Waals surface area contributed by atoms with Gasteiger partial charge in [-0.05, 0) is 50.5 Å². The van der Waals surface area contributed by atoms with Crippen molar-refractivity contribution < 1.29 is 4.79 Å². The van der Waals surface area contributed by atoms with E-state index in [9.17, 15) is 4.79 Å². The molecule has 1 saturated carbocycles. The first-order valence-corrected chi connectivity index (χ1v) is 7.77. The average Bonchev–Trinajstić information content (AvgIpc) is 2.27. The number of nitrogens with one attached hydrogen (secondary N) is 2. The summed E-state index contributed by atoms with van der Waals surface area (Å²) in [4.78, 5) is 12.0. The Morgan fingerprint density at radius 1 is 1.16 bits per heavy atom. The number of amides is 1. The summed E-state index contributed by atoms with van der Waals surface area (Å²) in [6.45, 7) is 8.89. The predicted molar refractivity (Wildman–Crippen MR) is 81.1 cm³/mol. The van der Waals surface area contributed by atoms with Crippen molar-refractivity contribution in [2.75, 3.05) is 7.05 Å². The summed E-state index contributed by atoms with van der Waals surface area (Å²) in [7, 11) is 2.03. The molecule has 0 bridgehead atoms. The van der Waals surface area contributed by atoms with E-state index < -0.39 is 0 Å². The van der Waals surface area contributed by atoms with E-state index in [1.54, 1.807) is 0 Å². The summed E-state index contributed by atoms with van der Waals surface area (Å²) in [5.74, 6) is 0.707. The molecule has 0 aromatic rings. The number of hydrogen-bond donors (Lipinski definition) is 2. The van der Waals surface area contributed by atoms with E-state index in [0.717, 1.165) is 19.3 Å². The summed E-state index contributed by atoms with van der Waals surface area (Å²) in [6, 6.07) is 1.05. The lowest BCUT2D eigenvalue weighted by molar-refractivity contribution is -0.123. The third-order valence-electron chi connectivity index (χ3n) is 4.00. The van der Waals surface area contributed by atoms with Crippen molar-refractivity contribution in [1.82, 2.24) is 10.6 Å². The molecule has 1 atom stereocenters. The van der Waals surface area contributed by atoms with Crippen molar-refractivity contribution in [2.45, 2.75) is 78.3 Å². The zero-order valence-electron chi connectivity index (χ0n) is 13.4. The minimum atomic E-state index is 0.240. The molecular weight excluding hydrogens is 236 g/mol. The van der Waals surface area contributed by atoms with Gasteiger partial charge in [-0.3, -0.25) is 4.79 Å². The molecule has 0 aliphatic heterocycles. The van der Waals surface area contributed by atoms with Crippen LogP contribution in [0.15, 0.2) is 0 Å². The van der Waals surface area contributed by atoms with Gasteiger partial charge in [0.25, 0.3) is 0 Å². The molecule has 1 aliphatic rings. The van der Waals surface area contributed by atoms with Crippen molar-refractivity contribution in [3.63, 3.8) is 0 Å². The van der Waals surface area contributed by atoms with Crippen LogP contribution in [0.25, 0.3) is 0 Å². The van der Waals surface area contributed by atoms with Gasteiger partial charge in [0, 0.05) is 18.5 Å². The first-order valence-electron chi connectivity index (χ1n) is 7.77. The van der Waals surface area contributed by atoms with Gasteiger partial charge in [0.1, 0.15) is 0 Å². The van der Waals surface area contributed by atoms with Gasteiger partial charge in [-0.15, -0.1) is 0 Å². The van der Waals surface area contributed by atoms with Crippen molar-refractivity contribution >= 4 is 5.91 Å². The number of carbonyl (C=O) groups is 1. The van der Waals surface area contributed by atoms with Gasteiger partial charge in [-0.1, -0.05) is 27.7 Å². The van der Waals surface area contributed by atoms with E-state index in [2.05, 4.69) is 38.3 Å². The fourth-order valence-corrected chi connectivity index (χ4v) is 3.25. The van der Waals surface area contributed by atoms with Crippen LogP contribution in [0.3, 0.4) is 0 Å². The van der Waals surface area contributed by atoms with E-state index >= 15 is 0 Å². The Morgan fingerprint density at radius 2 is 1.68 bits per heavy atom. The van der Waals surface area contributed by atoms with Crippen LogP contribution in [0.2, 0.25) is 0 Å². The molecule has 1 aliphatic carbocycles. The van der Waals surface area contributed by atoms with Crippen molar-refractivity contribution in [3.05, 3.63) is 0 Å². The molecule has 0 heterocycles. The van der Waals surface area contributed by atoms with Gasteiger partial charge in [0.15, 0.2) is 0 Å². The lowest BCUT2D eigenvalue weighted by Gasteiger charge is -2.29. The molecule has 112 valence electrons. The normalized spacial score (nSPS) is 25.9. The maximum absolute atomic E-state index is 12.0. The smallest absolute Gasteiger partial charge is 0.220 e. The second kappa shape index (κ2) is 7.28. The summed E-state index contributed by atoms with van der Waals surface area (Å²) >= 11 is 0. The van der Waals surface area contributed by atoms with Crippen molar-refractivity contribution in [3.8, 4) is 0 Å². The zero-order valence-corrected chi connectivity index (χ0v) is 13.4. The molecule has 0 saturated heterocycles. The Balaban J connectivity index is 2.24. The summed E-state index contributed by atoms with van der Waals surface area (Å²) in [6.07, 6.45) is 6.37. The Morgan fingerprint density at radius 3 is 2.16 bits per heavy atom. The lowest BCUT2D eigenvalue weighted by atomic mass is 9.84. The highest BCUT2D eigenvalue weighted by Gasteiger charge is 2.23. The van der Waals surface area contributed by atoms with Gasteiger partial charge in [-0.25, -0.2) is 0 Å². The van der Waals surface area contributed by atoms with Crippen LogP contribution in [0, 0.1) is 11.3 Å². The topological polar surface area (TPSA) is 41.1 Å². The van der Waals surface area contributed by atoms with E-state index in [-0.39, 0.29) is 5.91 Å². The quantitative estimate of drug-likeness (QED) is 0.804. The van der Waals surface area contributed by atoms with Crippen molar-refractivity contribution in [2.24, 2.45) is 11.3 Å². The highest BCUT2D eigenvalue weighted by atomic mass is 16.1. The van der Waals surface area contributed by atoms with E-state index in [0.29, 0.717) is 29.8 Å². The van der Waals surface area contributed by atoms with Gasteiger partial charge in [0.2, 0.25) is 5.91 Å². The minimum absolute atomic E-state index is 0.240. The van der Waals surface area contributed by atoms with Gasteiger partial charge < -0.3 is 10.6 Å². The molecule has 1 fully saturated rings. The Kier molecular flexibility index (Phi) is 6.31. The summed E-state index contributed by atoms with van der Waals surface area (Å²) in [5, 5.41) is 6.54. The maximum Gasteiger partial charge on any atom is 0.220 e. The fraction of sp³-hybridized carbons (Fsp3) is 0.938. The Labute approximate surface area is 118 Å². The molecule has 2 N–H and O–H groups in total. The monoisotopic (exact) mass is 268 g/mol. The molecule has 19 heavy (non-hydrogen) atoms. The molecule has 3 heteroatoms. The number of carbonyl (C=O) groups excluding carboxylic acids is 1. The third-order valence-corrected chi connectivity index (χ3v) is 4.00. The average molecular weight is 268 g/mol. The van der Waals surface area contributed by atoms with Gasteiger partial charge >= 0.3 is 0 Å². The molecule has 0 aromatic carbocycles. The summed E-state index contributed by atoms with van der Waals surface area (Å²) in [5.41, 5.74) is 0.310. The van der Waals surface area contributed by atoms with Crippen LogP contribution in [0.1, 0.15) is 66.2 Å². The fourth-order valence-electron chi connectivity index (χ4n) is 3.25. The molecular formula is C16H32N2O. The van der Waals surface area contributed by atoms with Crippen LogP contribution >= 0.6 is 0 Å². The zero-order chi connectivity index (χ0) is 14.5. The second-order valence-electron chi connectivity index (χ2n) is 7.48. The SMILES string of the molecule is CNC1CCC(NC(=O)CC(C)CC(C)(C)C)CC1. The van der Waals surface area contributed by atoms with Gasteiger partial charge in [0.05, 0.1) is 0 Å². The third kappa shape index (κ3) is 6.95. The number of hydrogen-bond acceptors (Lipinski definition) is 2. The van der Waals surface area contributed by atoms with E-state index in [4.69, 9.17) is 0 Å². The van der Waals surface area contributed by atoms with Crippen LogP contribution in [-0.2, 0) is 4.79 Å². The predicted octanol–water partition coefficient (Wildman–Crippen LogP) is 3.10. The van der Waals surface area contributed by atoms with Gasteiger partial charge in [-0.2, -0.15) is 0 Å². The first-order chi connectivity index (χ1) is 8.80. The highest BCUT2D eigenvalue weighted by Crippen LogP contribution is 2.26. The van der Waals surface area contributed by atoms with E-state index in [1.807, 2.05) is 7.05 Å². The molecule has 0 aromatic heterocycles. The second-order valence-corrected chi connectivity index (χ2v) is 7.48. The highest BCUT2D eigenvalue weighted by molar-refractivity contribution is 5.76. The molecule has 1 amide bonds. The van der Waals surface area contributed by atoms with Crippen LogP contribution < -0.4 is 10.6 Å². The van der Waals surface area contributed by atoms with Crippen LogP contribution in [0.4, 0.5) is 0 Å². The molecule has 0 radical (unpaired) electrons. The Bertz CT molecular complexity index is 275. The minimum Gasteiger partial charge on any atom is -0.353 e. The standard InChI is InChI=1S/C16H32N2O/c1-12(11-16(2,3)4)10-15(19)18-14-8-6-13(17-5)7-9-14/h12-14,17H,6-11H2,1-5H3,(H,18,19). The molecule has 3 nitrogen and oxygen atoms in total. The first kappa shape index (κ1) is 16.5. The van der Waals surface area contributed by atoms with Crippen LogP contribution in [0.5, 0.6) is 0 Å². The van der Waals surface area contributed by atoms with E-state index in [1.165, 1.54) is 12.8 Å². The largest absolute Gasteiger partial charge is 0.353 e. The summed E-state index contributed by atoms with van der Waals surface area (Å²) < 4.78 is 0. The maximum atomic E-state index is 12.0. The molecule has 1 rings (SSSR count). The molecule has 1 unspecified atom stereocenters. The van der Waals surface area contributed by atoms with Crippen molar-refractivity contribution in [1.29, 1.82) is 0 Å². The lowest BCUT2D eigenvalue weighted by Crippen LogP contribution is -2.41. The van der Waals surface area contributed by atoms with Crippen LogP contribution in [-0.4, -0.2) is 25.0 Å². The number of rotatable bonds is 5.